The van der Waals surface area contributed by atoms with E-state index < -0.39 is 42.3 Å². The molecular weight excluding hydrogens is 683 g/mol. The molecule has 0 bridgehead atoms. The van der Waals surface area contributed by atoms with E-state index in [9.17, 15) is 28.3 Å². The van der Waals surface area contributed by atoms with E-state index in [2.05, 4.69) is 30.7 Å². The lowest BCUT2D eigenvalue weighted by atomic mass is 9.79. The molecule has 1 aromatic heterocycles. The fourth-order valence-corrected chi connectivity index (χ4v) is 9.53. The van der Waals surface area contributed by atoms with Gasteiger partial charge in [0.2, 0.25) is 11.8 Å². The number of piperazine rings is 1. The molecule has 1 N–H and O–H groups in total. The van der Waals surface area contributed by atoms with Gasteiger partial charge in [-0.1, -0.05) is 68.9 Å². The van der Waals surface area contributed by atoms with Gasteiger partial charge in [-0.15, -0.1) is 0 Å². The van der Waals surface area contributed by atoms with E-state index in [1.807, 2.05) is 36.4 Å². The largest absolute Gasteiger partial charge is 0.465 e. The van der Waals surface area contributed by atoms with Crippen LogP contribution in [0.3, 0.4) is 0 Å². The molecule has 9 nitrogen and oxygen atoms in total. The van der Waals surface area contributed by atoms with Crippen molar-refractivity contribution in [3.05, 3.63) is 100 Å². The topological polar surface area (TPSA) is 103 Å². The van der Waals surface area contributed by atoms with Crippen molar-refractivity contribution in [2.45, 2.75) is 87.6 Å². The van der Waals surface area contributed by atoms with Gasteiger partial charge in [0, 0.05) is 39.1 Å². The smallest absolute Gasteiger partial charge is 0.408 e. The molecule has 2 aliphatic carbocycles. The van der Waals surface area contributed by atoms with Crippen molar-refractivity contribution in [2.75, 3.05) is 31.3 Å². The lowest BCUT2D eigenvalue weighted by molar-refractivity contribution is -0.161. The molecule has 4 aliphatic rings. The van der Waals surface area contributed by atoms with Crippen LogP contribution in [0.15, 0.2) is 60.8 Å². The zero-order valence-corrected chi connectivity index (χ0v) is 31.3. The lowest BCUT2D eigenvalue weighted by Gasteiger charge is -2.55. The molecule has 1 saturated carbocycles. The van der Waals surface area contributed by atoms with E-state index >= 15 is 0 Å². The number of carboxylic acid groups (broad SMARTS) is 1. The summed E-state index contributed by atoms with van der Waals surface area (Å²) in [6.07, 6.45) is 7.55. The summed E-state index contributed by atoms with van der Waals surface area (Å²) in [4.78, 5) is 50.2. The molecule has 2 spiro atoms. The second-order valence-electron chi connectivity index (χ2n) is 16.3. The number of amides is 3. The van der Waals surface area contributed by atoms with Crippen LogP contribution >= 0.6 is 0 Å². The monoisotopic (exact) mass is 728 g/mol. The highest BCUT2D eigenvalue weighted by Gasteiger charge is 2.59. The molecule has 1 saturated heterocycles. The quantitative estimate of drug-likeness (QED) is 0.186. The summed E-state index contributed by atoms with van der Waals surface area (Å²) < 4.78 is 35.1. The van der Waals surface area contributed by atoms with E-state index in [0.29, 0.717) is 50.9 Å². The van der Waals surface area contributed by atoms with Crippen molar-refractivity contribution in [1.82, 2.24) is 14.8 Å². The zero-order chi connectivity index (χ0) is 37.1. The van der Waals surface area contributed by atoms with Crippen LogP contribution in [-0.2, 0) is 38.1 Å². The van der Waals surface area contributed by atoms with Gasteiger partial charge in [-0.25, -0.2) is 18.6 Å². The third kappa shape index (κ3) is 6.13. The van der Waals surface area contributed by atoms with Crippen LogP contribution in [-0.4, -0.2) is 77.8 Å². The highest BCUT2D eigenvalue weighted by atomic mass is 28.3. The molecule has 2 aromatic carbocycles. The highest BCUT2D eigenvalue weighted by molar-refractivity contribution is 6.76. The Balaban J connectivity index is 1.14. The van der Waals surface area contributed by atoms with Crippen LogP contribution in [0.2, 0.25) is 25.7 Å². The number of fused-ring (bicyclic) bond motifs is 3. The number of halogens is 2. The Kier molecular flexibility index (Phi) is 9.14. The van der Waals surface area contributed by atoms with Gasteiger partial charge >= 0.3 is 6.09 Å². The molecule has 274 valence electrons. The molecule has 1 unspecified atom stereocenters. The Morgan fingerprint density at radius 1 is 1.00 bits per heavy atom. The van der Waals surface area contributed by atoms with Gasteiger partial charge in [0.15, 0.2) is 0 Å². The second kappa shape index (κ2) is 13.2. The predicted molar refractivity (Wildman–Crippen MR) is 197 cm³/mol. The number of rotatable bonds is 9. The number of hydrogen-bond donors (Lipinski definition) is 1. The zero-order valence-electron chi connectivity index (χ0n) is 30.3. The summed E-state index contributed by atoms with van der Waals surface area (Å²) >= 11 is 0. The van der Waals surface area contributed by atoms with Crippen LogP contribution in [0.25, 0.3) is 6.08 Å². The third-order valence-electron chi connectivity index (χ3n) is 11.6. The first-order valence-electron chi connectivity index (χ1n) is 18.1. The average molecular weight is 729 g/mol. The number of pyridine rings is 1. The van der Waals surface area contributed by atoms with Crippen molar-refractivity contribution < 1.29 is 33.0 Å². The van der Waals surface area contributed by atoms with Crippen molar-refractivity contribution in [3.63, 3.8) is 0 Å². The van der Waals surface area contributed by atoms with Gasteiger partial charge in [0.25, 0.3) is 0 Å². The third-order valence-corrected chi connectivity index (χ3v) is 13.3. The highest BCUT2D eigenvalue weighted by Crippen LogP contribution is 2.50. The number of carbonyl (C=O) groups is 3. The molecule has 7 rings (SSSR count). The minimum absolute atomic E-state index is 0.00424. The summed E-state index contributed by atoms with van der Waals surface area (Å²) in [5.74, 6) is -1.30. The molecule has 12 heteroatoms. The number of anilines is 1. The number of hydrogen-bond acceptors (Lipinski definition) is 5. The maximum atomic E-state index is 14.5. The summed E-state index contributed by atoms with van der Waals surface area (Å²) in [6.45, 7) is 9.31. The van der Waals surface area contributed by atoms with Crippen molar-refractivity contribution in [2.24, 2.45) is 0 Å². The maximum absolute atomic E-state index is 14.5. The van der Waals surface area contributed by atoms with Crippen LogP contribution in [0, 0.1) is 11.6 Å². The minimum atomic E-state index is -1.32. The standard InChI is InChI=1S/C40H46F2N4O5Si/c1-38(30-20-31(41)22-32(42)21-30)25-46(37(49)50)40(13-5-6-14-40)36(48)45(38)16-8-9-27-11-12-28-23-39(24-29(28)19-27)33-10-7-15-43-34(33)44(35(39)47)26-51-17-18-52(2,3)4/h7-12,15,19-22H,5-6,13-14,16-18,23-26H2,1-4H3,(H,49,50)/b9-8+/t38-,39?/m0/s1. The first-order valence-corrected chi connectivity index (χ1v) is 21.8. The lowest BCUT2D eigenvalue weighted by Crippen LogP contribution is -2.72. The summed E-state index contributed by atoms with van der Waals surface area (Å²) in [7, 11) is -1.29. The number of carbonyl (C=O) groups excluding carboxylic acids is 2. The number of benzene rings is 2. The molecule has 3 aromatic rings. The second-order valence-corrected chi connectivity index (χ2v) is 21.9. The molecule has 2 fully saturated rings. The van der Waals surface area contributed by atoms with Crippen molar-refractivity contribution in [3.8, 4) is 0 Å². The van der Waals surface area contributed by atoms with Gasteiger partial charge in [-0.05, 0) is 79.1 Å². The predicted octanol–water partition coefficient (Wildman–Crippen LogP) is 7.12. The Labute approximate surface area is 304 Å². The van der Waals surface area contributed by atoms with Crippen LogP contribution < -0.4 is 4.90 Å². The number of aromatic nitrogens is 1. The molecule has 2 aliphatic heterocycles. The van der Waals surface area contributed by atoms with E-state index in [-0.39, 0.29) is 37.2 Å². The van der Waals surface area contributed by atoms with Gasteiger partial charge in [0.05, 0.1) is 17.5 Å². The van der Waals surface area contributed by atoms with E-state index in [0.717, 1.165) is 34.4 Å². The molecule has 2 atom stereocenters. The summed E-state index contributed by atoms with van der Waals surface area (Å²) in [5, 5.41) is 10.3. The molecule has 0 radical (unpaired) electrons. The summed E-state index contributed by atoms with van der Waals surface area (Å²) in [5.41, 5.74) is 0.840. The SMILES string of the molecule is C[C@@]1(c2cc(F)cc(F)c2)CN(C(=O)O)C2(CCCC2)C(=O)N1C/C=C/c1ccc2c(c1)CC1(C2)C(=O)N(COCC[Si](C)(C)C)c2ncccc21. The Morgan fingerprint density at radius 2 is 1.71 bits per heavy atom. The minimum Gasteiger partial charge on any atom is -0.465 e. The van der Waals surface area contributed by atoms with Crippen molar-refractivity contribution >= 4 is 37.9 Å². The fraction of sp³-hybridized carbons (Fsp3) is 0.450. The van der Waals surface area contributed by atoms with Gasteiger partial charge in [-0.2, -0.15) is 0 Å². The fourth-order valence-electron chi connectivity index (χ4n) is 8.77. The van der Waals surface area contributed by atoms with Crippen LogP contribution in [0.1, 0.15) is 60.4 Å². The number of ether oxygens (including phenoxy) is 1. The molecule has 52 heavy (non-hydrogen) atoms. The first kappa shape index (κ1) is 36.0. The van der Waals surface area contributed by atoms with Gasteiger partial charge in [-0.3, -0.25) is 19.4 Å². The maximum Gasteiger partial charge on any atom is 0.408 e. The van der Waals surface area contributed by atoms with Gasteiger partial charge < -0.3 is 14.7 Å². The van der Waals surface area contributed by atoms with Crippen LogP contribution in [0.5, 0.6) is 0 Å². The normalized spacial score (nSPS) is 23.8. The Hall–Kier alpha value is -4.42. The van der Waals surface area contributed by atoms with Crippen molar-refractivity contribution in [1.29, 1.82) is 0 Å². The Morgan fingerprint density at radius 3 is 2.40 bits per heavy atom. The molecular formula is C40H46F2N4O5Si. The average Bonchev–Trinajstić information content (AvgIpc) is 3.78. The Bertz CT molecular complexity index is 1940. The van der Waals surface area contributed by atoms with Gasteiger partial charge in [0.1, 0.15) is 29.7 Å². The first-order chi connectivity index (χ1) is 24.7. The number of nitrogens with zero attached hydrogens (tertiary/aromatic N) is 4. The van der Waals surface area contributed by atoms with E-state index in [1.165, 1.54) is 17.0 Å². The van der Waals surface area contributed by atoms with E-state index in [4.69, 9.17) is 4.74 Å². The molecule has 3 amide bonds. The molecule has 3 heterocycles. The summed E-state index contributed by atoms with van der Waals surface area (Å²) in [6, 6.07) is 14.1. The van der Waals surface area contributed by atoms with Crippen LogP contribution in [0.4, 0.5) is 19.4 Å². The van der Waals surface area contributed by atoms with E-state index in [1.54, 1.807) is 22.9 Å².